The Morgan fingerprint density at radius 3 is 2.80 bits per heavy atom. The molecule has 0 bridgehead atoms. The van der Waals surface area contributed by atoms with E-state index in [-0.39, 0.29) is 5.91 Å². The summed E-state index contributed by atoms with van der Waals surface area (Å²) in [5.74, 6) is 0.582. The minimum Gasteiger partial charge on any atom is -0.399 e. The third-order valence-electron chi connectivity index (χ3n) is 3.83. The molecule has 0 aliphatic heterocycles. The molecule has 3 N–H and O–H groups in total. The molecule has 1 atom stereocenters. The van der Waals surface area contributed by atoms with Gasteiger partial charge in [-0.15, -0.1) is 0 Å². The molecule has 0 radical (unpaired) electrons. The SMILES string of the molecule is CCC(C)CN(CC)C(=O)c1c[nH]c2ccc(N)cc12. The molecule has 0 aliphatic rings. The van der Waals surface area contributed by atoms with Gasteiger partial charge in [0.15, 0.2) is 0 Å². The third-order valence-corrected chi connectivity index (χ3v) is 3.83. The van der Waals surface area contributed by atoms with Gasteiger partial charge in [0.25, 0.3) is 5.91 Å². The first-order chi connectivity index (χ1) is 9.56. The highest BCUT2D eigenvalue weighted by Gasteiger charge is 2.19. The van der Waals surface area contributed by atoms with Crippen LogP contribution >= 0.6 is 0 Å². The summed E-state index contributed by atoms with van der Waals surface area (Å²) in [6.07, 6.45) is 2.86. The number of aromatic amines is 1. The Bertz CT molecular complexity index is 603. The number of carbonyl (C=O) groups excluding carboxylic acids is 1. The average molecular weight is 273 g/mol. The number of benzene rings is 1. The van der Waals surface area contributed by atoms with Gasteiger partial charge in [0.1, 0.15) is 0 Å². The number of nitrogen functional groups attached to an aromatic ring is 1. The fraction of sp³-hybridized carbons (Fsp3) is 0.438. The van der Waals surface area contributed by atoms with Crippen molar-refractivity contribution in [3.8, 4) is 0 Å². The Labute approximate surface area is 120 Å². The van der Waals surface area contributed by atoms with Crippen molar-refractivity contribution in [3.05, 3.63) is 30.0 Å². The molecule has 4 nitrogen and oxygen atoms in total. The van der Waals surface area contributed by atoms with Crippen LogP contribution in [-0.4, -0.2) is 28.9 Å². The second kappa shape index (κ2) is 5.99. The van der Waals surface area contributed by atoms with Crippen LogP contribution in [0.1, 0.15) is 37.6 Å². The number of fused-ring (bicyclic) bond motifs is 1. The van der Waals surface area contributed by atoms with Crippen LogP contribution < -0.4 is 5.73 Å². The lowest BCUT2D eigenvalue weighted by molar-refractivity contribution is 0.0743. The first-order valence-corrected chi connectivity index (χ1v) is 7.22. The van der Waals surface area contributed by atoms with Crippen LogP contribution in [0.3, 0.4) is 0 Å². The molecule has 1 unspecified atom stereocenters. The zero-order valence-electron chi connectivity index (χ0n) is 12.4. The van der Waals surface area contributed by atoms with Crippen LogP contribution in [0.15, 0.2) is 24.4 Å². The maximum absolute atomic E-state index is 12.7. The van der Waals surface area contributed by atoms with E-state index in [0.29, 0.717) is 17.2 Å². The van der Waals surface area contributed by atoms with Gasteiger partial charge in [-0.3, -0.25) is 4.79 Å². The van der Waals surface area contributed by atoms with Crippen molar-refractivity contribution in [1.82, 2.24) is 9.88 Å². The Kier molecular flexibility index (Phi) is 4.32. The molecule has 2 rings (SSSR count). The van der Waals surface area contributed by atoms with Gasteiger partial charge in [0.2, 0.25) is 0 Å². The molecule has 1 aromatic heterocycles. The van der Waals surface area contributed by atoms with Crippen LogP contribution in [0.2, 0.25) is 0 Å². The molecule has 20 heavy (non-hydrogen) atoms. The number of rotatable bonds is 5. The lowest BCUT2D eigenvalue weighted by Gasteiger charge is -2.23. The number of carbonyl (C=O) groups is 1. The van der Waals surface area contributed by atoms with Crippen molar-refractivity contribution >= 4 is 22.5 Å². The summed E-state index contributed by atoms with van der Waals surface area (Å²) in [5, 5.41) is 0.901. The quantitative estimate of drug-likeness (QED) is 0.821. The Morgan fingerprint density at radius 2 is 2.15 bits per heavy atom. The van der Waals surface area contributed by atoms with Crippen molar-refractivity contribution in [1.29, 1.82) is 0 Å². The first-order valence-electron chi connectivity index (χ1n) is 7.22. The molecule has 1 heterocycles. The van der Waals surface area contributed by atoms with E-state index in [1.54, 1.807) is 6.20 Å². The highest BCUT2D eigenvalue weighted by molar-refractivity contribution is 6.07. The number of nitrogens with zero attached hydrogens (tertiary/aromatic N) is 1. The molecule has 0 spiro atoms. The summed E-state index contributed by atoms with van der Waals surface area (Å²) in [7, 11) is 0. The Hall–Kier alpha value is -1.97. The molecule has 108 valence electrons. The lowest BCUT2D eigenvalue weighted by atomic mass is 10.1. The van der Waals surface area contributed by atoms with Gasteiger partial charge < -0.3 is 15.6 Å². The van der Waals surface area contributed by atoms with E-state index in [4.69, 9.17) is 5.73 Å². The molecule has 0 saturated carbocycles. The van der Waals surface area contributed by atoms with Gasteiger partial charge in [-0.25, -0.2) is 0 Å². The van der Waals surface area contributed by atoms with Crippen molar-refractivity contribution in [2.24, 2.45) is 5.92 Å². The second-order valence-electron chi connectivity index (χ2n) is 5.36. The van der Waals surface area contributed by atoms with Crippen molar-refractivity contribution < 1.29 is 4.79 Å². The number of hydrogen-bond acceptors (Lipinski definition) is 2. The fourth-order valence-corrected chi connectivity index (χ4v) is 2.35. The van der Waals surface area contributed by atoms with Crippen LogP contribution in [0.25, 0.3) is 10.9 Å². The maximum atomic E-state index is 12.7. The van der Waals surface area contributed by atoms with E-state index in [0.717, 1.165) is 30.4 Å². The van der Waals surface area contributed by atoms with Gasteiger partial charge in [-0.1, -0.05) is 20.3 Å². The zero-order chi connectivity index (χ0) is 14.7. The van der Waals surface area contributed by atoms with E-state index in [9.17, 15) is 4.79 Å². The predicted molar refractivity (Wildman–Crippen MR) is 83.7 cm³/mol. The van der Waals surface area contributed by atoms with Gasteiger partial charge >= 0.3 is 0 Å². The van der Waals surface area contributed by atoms with Crippen LogP contribution in [-0.2, 0) is 0 Å². The number of amides is 1. The third kappa shape index (κ3) is 2.79. The molecule has 0 saturated heterocycles. The summed E-state index contributed by atoms with van der Waals surface area (Å²) in [6.45, 7) is 7.85. The van der Waals surface area contributed by atoms with E-state index in [1.165, 1.54) is 0 Å². The lowest BCUT2D eigenvalue weighted by Crippen LogP contribution is -2.34. The molecule has 0 fully saturated rings. The number of anilines is 1. The number of nitrogens with one attached hydrogen (secondary N) is 1. The molecular weight excluding hydrogens is 250 g/mol. The molecule has 0 aliphatic carbocycles. The van der Waals surface area contributed by atoms with E-state index in [2.05, 4.69) is 18.8 Å². The van der Waals surface area contributed by atoms with Gasteiger partial charge in [0, 0.05) is 35.9 Å². The highest BCUT2D eigenvalue weighted by Crippen LogP contribution is 2.22. The largest absolute Gasteiger partial charge is 0.399 e. The summed E-state index contributed by atoms with van der Waals surface area (Å²) < 4.78 is 0. The van der Waals surface area contributed by atoms with Gasteiger partial charge in [-0.2, -0.15) is 0 Å². The average Bonchev–Trinajstić information content (AvgIpc) is 2.86. The number of aromatic nitrogens is 1. The van der Waals surface area contributed by atoms with Gasteiger partial charge in [0.05, 0.1) is 5.56 Å². The van der Waals surface area contributed by atoms with E-state index >= 15 is 0 Å². The number of nitrogens with two attached hydrogens (primary N) is 1. The smallest absolute Gasteiger partial charge is 0.256 e. The summed E-state index contributed by atoms with van der Waals surface area (Å²) in [4.78, 5) is 17.7. The molecule has 2 aromatic rings. The Morgan fingerprint density at radius 1 is 1.40 bits per heavy atom. The maximum Gasteiger partial charge on any atom is 0.256 e. The predicted octanol–water partition coefficient (Wildman–Crippen LogP) is 3.26. The minimum atomic E-state index is 0.0738. The van der Waals surface area contributed by atoms with Crippen LogP contribution in [0.4, 0.5) is 5.69 Å². The van der Waals surface area contributed by atoms with E-state index < -0.39 is 0 Å². The van der Waals surface area contributed by atoms with Crippen molar-refractivity contribution in [2.45, 2.75) is 27.2 Å². The minimum absolute atomic E-state index is 0.0738. The monoisotopic (exact) mass is 273 g/mol. The molecule has 4 heteroatoms. The summed E-state index contributed by atoms with van der Waals surface area (Å²) >= 11 is 0. The van der Waals surface area contributed by atoms with Crippen molar-refractivity contribution in [3.63, 3.8) is 0 Å². The number of hydrogen-bond donors (Lipinski definition) is 2. The molecule has 1 aromatic carbocycles. The van der Waals surface area contributed by atoms with E-state index in [1.807, 2.05) is 30.0 Å². The topological polar surface area (TPSA) is 62.1 Å². The standard InChI is InChI=1S/C16H23N3O/c1-4-11(3)10-19(5-2)16(20)14-9-18-15-7-6-12(17)8-13(14)15/h6-9,11,18H,4-5,10,17H2,1-3H3. The normalized spacial score (nSPS) is 12.6. The second-order valence-corrected chi connectivity index (χ2v) is 5.36. The molecular formula is C16H23N3O. The Balaban J connectivity index is 2.32. The van der Waals surface area contributed by atoms with Crippen LogP contribution in [0, 0.1) is 5.92 Å². The highest BCUT2D eigenvalue weighted by atomic mass is 16.2. The summed E-state index contributed by atoms with van der Waals surface area (Å²) in [6, 6.07) is 5.60. The fourth-order valence-electron chi connectivity index (χ4n) is 2.35. The summed E-state index contributed by atoms with van der Waals surface area (Å²) in [5.41, 5.74) is 8.15. The van der Waals surface area contributed by atoms with Crippen LogP contribution in [0.5, 0.6) is 0 Å². The first kappa shape index (κ1) is 14.4. The zero-order valence-corrected chi connectivity index (χ0v) is 12.4. The number of H-pyrrole nitrogens is 1. The van der Waals surface area contributed by atoms with Gasteiger partial charge in [-0.05, 0) is 31.0 Å². The van der Waals surface area contributed by atoms with Crippen molar-refractivity contribution in [2.75, 3.05) is 18.8 Å². The molecule has 1 amide bonds.